The summed E-state index contributed by atoms with van der Waals surface area (Å²) >= 11 is 0. The van der Waals surface area contributed by atoms with Crippen LogP contribution in [0.3, 0.4) is 0 Å². The lowest BCUT2D eigenvalue weighted by molar-refractivity contribution is -0.141. The Kier molecular flexibility index (Phi) is 6.84. The van der Waals surface area contributed by atoms with Crippen molar-refractivity contribution in [1.29, 1.82) is 0 Å². The molecule has 1 saturated heterocycles. The van der Waals surface area contributed by atoms with Gasteiger partial charge in [0.1, 0.15) is 0 Å². The Labute approximate surface area is 115 Å². The van der Waals surface area contributed by atoms with Gasteiger partial charge in [0.15, 0.2) is 0 Å². The molecule has 1 amide bonds. The Morgan fingerprint density at radius 2 is 2.16 bits per heavy atom. The molecule has 1 heterocycles. The Hall–Kier alpha value is -1.10. The molecule has 1 aliphatic heterocycles. The van der Waals surface area contributed by atoms with Crippen molar-refractivity contribution in [3.8, 4) is 0 Å². The van der Waals surface area contributed by atoms with E-state index in [0.717, 1.165) is 12.8 Å². The molecule has 0 aromatic carbocycles. The Balaban J connectivity index is 2.19. The lowest BCUT2D eigenvalue weighted by atomic mass is 10.1. The fourth-order valence-corrected chi connectivity index (χ4v) is 2.47. The summed E-state index contributed by atoms with van der Waals surface area (Å²) < 4.78 is 0. The maximum absolute atomic E-state index is 11.8. The molecule has 0 aliphatic carbocycles. The van der Waals surface area contributed by atoms with Crippen LogP contribution in [0.25, 0.3) is 0 Å². The second-order valence-corrected chi connectivity index (χ2v) is 5.52. The van der Waals surface area contributed by atoms with Gasteiger partial charge in [-0.3, -0.25) is 14.5 Å². The molecule has 1 aliphatic rings. The van der Waals surface area contributed by atoms with Crippen LogP contribution in [0.2, 0.25) is 0 Å². The summed E-state index contributed by atoms with van der Waals surface area (Å²) in [4.78, 5) is 24.6. The fourth-order valence-electron chi connectivity index (χ4n) is 2.47. The van der Waals surface area contributed by atoms with Crippen LogP contribution in [-0.4, -0.2) is 47.6 Å². The summed E-state index contributed by atoms with van der Waals surface area (Å²) in [5.41, 5.74) is 0. The number of hydrogen-bond acceptors (Lipinski definition) is 3. The van der Waals surface area contributed by atoms with E-state index < -0.39 is 5.97 Å². The van der Waals surface area contributed by atoms with Gasteiger partial charge < -0.3 is 10.4 Å². The monoisotopic (exact) mass is 270 g/mol. The van der Waals surface area contributed by atoms with Crippen LogP contribution in [-0.2, 0) is 9.59 Å². The highest BCUT2D eigenvalue weighted by Crippen LogP contribution is 2.15. The van der Waals surface area contributed by atoms with Gasteiger partial charge in [0, 0.05) is 12.6 Å². The van der Waals surface area contributed by atoms with Crippen molar-refractivity contribution in [1.82, 2.24) is 10.2 Å². The lowest BCUT2D eigenvalue weighted by Crippen LogP contribution is -2.40. The van der Waals surface area contributed by atoms with E-state index in [1.54, 1.807) is 0 Å². The molecule has 5 nitrogen and oxygen atoms in total. The van der Waals surface area contributed by atoms with E-state index in [4.69, 9.17) is 5.11 Å². The van der Waals surface area contributed by atoms with Crippen molar-refractivity contribution in [2.75, 3.05) is 19.6 Å². The van der Waals surface area contributed by atoms with Crippen LogP contribution in [0, 0.1) is 5.92 Å². The van der Waals surface area contributed by atoms with Crippen molar-refractivity contribution in [3.05, 3.63) is 0 Å². The van der Waals surface area contributed by atoms with Crippen molar-refractivity contribution < 1.29 is 14.7 Å². The van der Waals surface area contributed by atoms with Crippen LogP contribution >= 0.6 is 0 Å². The Morgan fingerprint density at radius 1 is 1.42 bits per heavy atom. The van der Waals surface area contributed by atoms with Gasteiger partial charge in [0.2, 0.25) is 5.91 Å². The largest absolute Gasteiger partial charge is 0.481 e. The molecule has 1 fully saturated rings. The highest BCUT2D eigenvalue weighted by molar-refractivity contribution is 5.78. The van der Waals surface area contributed by atoms with E-state index in [-0.39, 0.29) is 17.9 Å². The van der Waals surface area contributed by atoms with Gasteiger partial charge in [0.25, 0.3) is 0 Å². The Morgan fingerprint density at radius 3 is 2.74 bits per heavy atom. The summed E-state index contributed by atoms with van der Waals surface area (Å²) in [6, 6.07) is 0.205. The first-order valence-electron chi connectivity index (χ1n) is 7.27. The molecular formula is C14H26N2O3. The first-order valence-corrected chi connectivity index (χ1v) is 7.27. The number of amides is 1. The van der Waals surface area contributed by atoms with E-state index in [1.165, 1.54) is 12.8 Å². The molecule has 1 rings (SSSR count). The highest BCUT2D eigenvalue weighted by atomic mass is 16.4. The zero-order valence-electron chi connectivity index (χ0n) is 12.0. The molecule has 5 heteroatoms. The predicted molar refractivity (Wildman–Crippen MR) is 73.9 cm³/mol. The van der Waals surface area contributed by atoms with E-state index in [2.05, 4.69) is 12.2 Å². The standard InChI is InChI=1S/C14H26N2O3/c1-3-4-5-6-11(2)15-13(17)10-16-8-7-12(9-16)14(18)19/h11-12H,3-10H2,1-2H3,(H,15,17)(H,18,19). The molecule has 0 bridgehead atoms. The maximum Gasteiger partial charge on any atom is 0.307 e. The van der Waals surface area contributed by atoms with Crippen LogP contribution in [0.1, 0.15) is 46.0 Å². The van der Waals surface area contributed by atoms with Crippen molar-refractivity contribution in [2.24, 2.45) is 5.92 Å². The molecule has 2 N–H and O–H groups in total. The first-order chi connectivity index (χ1) is 9.02. The predicted octanol–water partition coefficient (Wildman–Crippen LogP) is 1.48. The van der Waals surface area contributed by atoms with Crippen LogP contribution in [0.15, 0.2) is 0 Å². The third-order valence-corrected chi connectivity index (χ3v) is 3.64. The minimum absolute atomic E-state index is 0.00929. The number of nitrogens with one attached hydrogen (secondary N) is 1. The fraction of sp³-hybridized carbons (Fsp3) is 0.857. The number of unbranched alkanes of at least 4 members (excludes halogenated alkanes) is 2. The maximum atomic E-state index is 11.8. The van der Waals surface area contributed by atoms with Gasteiger partial charge in [-0.05, 0) is 26.3 Å². The van der Waals surface area contributed by atoms with E-state index in [0.29, 0.717) is 26.1 Å². The second-order valence-electron chi connectivity index (χ2n) is 5.52. The molecule has 0 saturated carbocycles. The van der Waals surface area contributed by atoms with Crippen molar-refractivity contribution in [2.45, 2.75) is 52.0 Å². The topological polar surface area (TPSA) is 69.6 Å². The number of carbonyl (C=O) groups excluding carboxylic acids is 1. The quantitative estimate of drug-likeness (QED) is 0.655. The van der Waals surface area contributed by atoms with Crippen LogP contribution in [0.5, 0.6) is 0 Å². The molecule has 19 heavy (non-hydrogen) atoms. The van der Waals surface area contributed by atoms with Crippen LogP contribution in [0.4, 0.5) is 0 Å². The molecule has 110 valence electrons. The number of aliphatic carboxylic acids is 1. The second kappa shape index (κ2) is 8.15. The molecule has 2 unspecified atom stereocenters. The zero-order valence-corrected chi connectivity index (χ0v) is 12.0. The molecule has 2 atom stereocenters. The third-order valence-electron chi connectivity index (χ3n) is 3.64. The normalized spacial score (nSPS) is 21.3. The first kappa shape index (κ1) is 16.0. The molecule has 0 radical (unpaired) electrons. The van der Waals surface area contributed by atoms with E-state index in [1.807, 2.05) is 11.8 Å². The number of nitrogens with zero attached hydrogens (tertiary/aromatic N) is 1. The summed E-state index contributed by atoms with van der Waals surface area (Å²) in [6.07, 6.45) is 5.19. The zero-order chi connectivity index (χ0) is 14.3. The minimum Gasteiger partial charge on any atom is -0.481 e. The Bertz CT molecular complexity index is 307. The average Bonchev–Trinajstić information content (AvgIpc) is 2.77. The van der Waals surface area contributed by atoms with Gasteiger partial charge in [-0.25, -0.2) is 0 Å². The molecule has 0 spiro atoms. The minimum atomic E-state index is -0.754. The smallest absolute Gasteiger partial charge is 0.307 e. The lowest BCUT2D eigenvalue weighted by Gasteiger charge is -2.18. The van der Waals surface area contributed by atoms with Crippen molar-refractivity contribution in [3.63, 3.8) is 0 Å². The van der Waals surface area contributed by atoms with Gasteiger partial charge in [-0.1, -0.05) is 26.2 Å². The van der Waals surface area contributed by atoms with Gasteiger partial charge in [-0.2, -0.15) is 0 Å². The number of carboxylic acid groups (broad SMARTS) is 1. The molecular weight excluding hydrogens is 244 g/mol. The number of likely N-dealkylation sites (tertiary alicyclic amines) is 1. The molecule has 0 aromatic heterocycles. The van der Waals surface area contributed by atoms with E-state index >= 15 is 0 Å². The highest BCUT2D eigenvalue weighted by Gasteiger charge is 2.28. The summed E-state index contributed by atoms with van der Waals surface area (Å²) in [6.45, 7) is 5.70. The number of carbonyl (C=O) groups is 2. The van der Waals surface area contributed by atoms with Gasteiger partial charge in [0.05, 0.1) is 12.5 Å². The summed E-state index contributed by atoms with van der Waals surface area (Å²) in [5, 5.41) is 11.9. The van der Waals surface area contributed by atoms with Gasteiger partial charge in [-0.15, -0.1) is 0 Å². The molecule has 0 aromatic rings. The third kappa shape index (κ3) is 6.05. The SMILES string of the molecule is CCCCCC(C)NC(=O)CN1CCC(C(=O)O)C1. The van der Waals surface area contributed by atoms with Crippen LogP contribution < -0.4 is 5.32 Å². The average molecular weight is 270 g/mol. The van der Waals surface area contributed by atoms with Gasteiger partial charge >= 0.3 is 5.97 Å². The van der Waals surface area contributed by atoms with E-state index in [9.17, 15) is 9.59 Å². The van der Waals surface area contributed by atoms with Crippen molar-refractivity contribution >= 4 is 11.9 Å². The number of hydrogen-bond donors (Lipinski definition) is 2. The summed E-state index contributed by atoms with van der Waals surface area (Å²) in [5.74, 6) is -1.05. The number of rotatable bonds is 8. The number of carboxylic acids is 1. The summed E-state index contributed by atoms with van der Waals surface area (Å²) in [7, 11) is 0.